The average Bonchev–Trinajstić information content (AvgIpc) is 3.15. The van der Waals surface area contributed by atoms with Crippen LogP contribution in [-0.2, 0) is 9.53 Å². The average molecular weight is 355 g/mol. The molecule has 0 aliphatic rings. The molecular formula is C20H18FNO2S. The van der Waals surface area contributed by atoms with Crippen molar-refractivity contribution in [2.45, 2.75) is 17.1 Å². The summed E-state index contributed by atoms with van der Waals surface area (Å²) < 4.78 is 21.4. The summed E-state index contributed by atoms with van der Waals surface area (Å²) in [6.45, 7) is 2.00. The number of hydrogen-bond acceptors (Lipinski definition) is 3. The third-order valence-electron chi connectivity index (χ3n) is 3.68. The number of esters is 1. The highest BCUT2D eigenvalue weighted by molar-refractivity contribution is 8.00. The van der Waals surface area contributed by atoms with Gasteiger partial charge in [0.1, 0.15) is 11.1 Å². The first-order valence-corrected chi connectivity index (χ1v) is 8.88. The predicted octanol–water partition coefficient (Wildman–Crippen LogP) is 5.01. The minimum absolute atomic E-state index is 0.254. The highest BCUT2D eigenvalue weighted by atomic mass is 32.2. The largest absolute Gasteiger partial charge is 0.465 e. The molecule has 0 saturated heterocycles. The lowest BCUT2D eigenvalue weighted by molar-refractivity contribution is -0.142. The molecule has 1 unspecified atom stereocenters. The van der Waals surface area contributed by atoms with Crippen LogP contribution in [0.3, 0.4) is 0 Å². The van der Waals surface area contributed by atoms with Crippen molar-refractivity contribution in [2.75, 3.05) is 6.61 Å². The second-order valence-electron chi connectivity index (χ2n) is 5.33. The van der Waals surface area contributed by atoms with E-state index in [-0.39, 0.29) is 6.61 Å². The molecule has 25 heavy (non-hydrogen) atoms. The Kier molecular flexibility index (Phi) is 5.56. The highest BCUT2D eigenvalue weighted by Gasteiger charge is 2.27. The van der Waals surface area contributed by atoms with Gasteiger partial charge in [-0.05, 0) is 37.3 Å². The quantitative estimate of drug-likeness (QED) is 0.460. The van der Waals surface area contributed by atoms with Gasteiger partial charge in [0.05, 0.1) is 12.3 Å². The van der Waals surface area contributed by atoms with E-state index in [1.54, 1.807) is 25.1 Å². The van der Waals surface area contributed by atoms with Crippen LogP contribution < -0.4 is 0 Å². The van der Waals surface area contributed by atoms with E-state index < -0.39 is 17.0 Å². The van der Waals surface area contributed by atoms with Crippen molar-refractivity contribution in [2.24, 2.45) is 0 Å². The molecule has 0 amide bonds. The fraction of sp³-hybridized carbons (Fsp3) is 0.150. The summed E-state index contributed by atoms with van der Waals surface area (Å²) in [4.78, 5) is 13.4. The smallest absolute Gasteiger partial charge is 0.324 e. The Bertz CT molecular complexity index is 848. The molecule has 128 valence electrons. The molecule has 3 rings (SSSR count). The van der Waals surface area contributed by atoms with Crippen LogP contribution in [0.2, 0.25) is 0 Å². The predicted molar refractivity (Wildman–Crippen MR) is 97.4 cm³/mol. The van der Waals surface area contributed by atoms with Crippen LogP contribution in [0.1, 0.15) is 17.7 Å². The number of halogens is 1. The standard InChI is InChI=1S/C20H18FNO2S/c1-2-24-20(23)19(15-9-3-4-10-16(15)21)25-18-12-6-5-11-17(18)22-13-7-8-14-22/h3-14,19H,2H2,1H3. The van der Waals surface area contributed by atoms with E-state index in [1.165, 1.54) is 17.8 Å². The Labute approximate surface area is 150 Å². The number of thioether (sulfide) groups is 1. The Hall–Kier alpha value is -2.53. The van der Waals surface area contributed by atoms with Gasteiger partial charge < -0.3 is 9.30 Å². The number of ether oxygens (including phenoxy) is 1. The highest BCUT2D eigenvalue weighted by Crippen LogP contribution is 2.40. The minimum Gasteiger partial charge on any atom is -0.465 e. The topological polar surface area (TPSA) is 31.2 Å². The lowest BCUT2D eigenvalue weighted by atomic mass is 10.1. The Morgan fingerprint density at radius 1 is 1.08 bits per heavy atom. The second-order valence-corrected chi connectivity index (χ2v) is 6.48. The number of hydrogen-bond donors (Lipinski definition) is 0. The number of benzene rings is 2. The maximum absolute atomic E-state index is 14.3. The molecule has 0 bridgehead atoms. The third kappa shape index (κ3) is 3.94. The molecule has 3 aromatic rings. The van der Waals surface area contributed by atoms with Crippen molar-refractivity contribution in [3.8, 4) is 5.69 Å². The van der Waals surface area contributed by atoms with Crippen LogP contribution in [0, 0.1) is 5.82 Å². The van der Waals surface area contributed by atoms with E-state index in [0.29, 0.717) is 5.56 Å². The summed E-state index contributed by atoms with van der Waals surface area (Å²) >= 11 is 1.29. The third-order valence-corrected chi connectivity index (χ3v) is 4.96. The summed E-state index contributed by atoms with van der Waals surface area (Å²) in [7, 11) is 0. The van der Waals surface area contributed by atoms with Crippen LogP contribution >= 0.6 is 11.8 Å². The van der Waals surface area contributed by atoms with Crippen molar-refractivity contribution in [1.82, 2.24) is 4.57 Å². The number of rotatable bonds is 6. The number of aromatic nitrogens is 1. The van der Waals surface area contributed by atoms with Crippen molar-refractivity contribution in [3.63, 3.8) is 0 Å². The molecule has 2 aromatic carbocycles. The molecule has 1 atom stereocenters. The Balaban J connectivity index is 2.00. The molecule has 5 heteroatoms. The minimum atomic E-state index is -0.766. The summed E-state index contributed by atoms with van der Waals surface area (Å²) in [5.41, 5.74) is 1.26. The number of carbonyl (C=O) groups is 1. The molecule has 0 N–H and O–H groups in total. The normalized spacial score (nSPS) is 11.9. The van der Waals surface area contributed by atoms with E-state index in [9.17, 15) is 9.18 Å². The van der Waals surface area contributed by atoms with Crippen LogP contribution in [0.5, 0.6) is 0 Å². The van der Waals surface area contributed by atoms with Gasteiger partial charge in [-0.1, -0.05) is 30.3 Å². The van der Waals surface area contributed by atoms with E-state index in [0.717, 1.165) is 10.6 Å². The first kappa shape index (κ1) is 17.3. The van der Waals surface area contributed by atoms with Crippen LogP contribution in [-0.4, -0.2) is 17.1 Å². The van der Waals surface area contributed by atoms with Crippen molar-refractivity contribution in [3.05, 3.63) is 84.4 Å². The molecule has 0 fully saturated rings. The van der Waals surface area contributed by atoms with Crippen LogP contribution in [0.25, 0.3) is 5.69 Å². The number of nitrogens with zero attached hydrogens (tertiary/aromatic N) is 1. The molecule has 0 radical (unpaired) electrons. The van der Waals surface area contributed by atoms with Gasteiger partial charge >= 0.3 is 5.97 Å². The van der Waals surface area contributed by atoms with Gasteiger partial charge in [0.2, 0.25) is 0 Å². The lowest BCUT2D eigenvalue weighted by Crippen LogP contribution is -2.15. The van der Waals surface area contributed by atoms with Crippen LogP contribution in [0.4, 0.5) is 4.39 Å². The van der Waals surface area contributed by atoms with Gasteiger partial charge in [0.15, 0.2) is 0 Å². The van der Waals surface area contributed by atoms with Crippen molar-refractivity contribution >= 4 is 17.7 Å². The summed E-state index contributed by atoms with van der Waals surface area (Å²) in [5, 5.41) is -0.766. The number of para-hydroxylation sites is 1. The van der Waals surface area contributed by atoms with Crippen molar-refractivity contribution < 1.29 is 13.9 Å². The summed E-state index contributed by atoms with van der Waals surface area (Å²) in [5.74, 6) is -0.855. The monoisotopic (exact) mass is 355 g/mol. The molecule has 0 aliphatic carbocycles. The first-order valence-electron chi connectivity index (χ1n) is 8.00. The maximum atomic E-state index is 14.3. The molecule has 1 aromatic heterocycles. The molecule has 0 aliphatic heterocycles. The van der Waals surface area contributed by atoms with E-state index in [2.05, 4.69) is 0 Å². The van der Waals surface area contributed by atoms with Gasteiger partial charge in [-0.3, -0.25) is 4.79 Å². The maximum Gasteiger partial charge on any atom is 0.324 e. The Morgan fingerprint density at radius 3 is 2.48 bits per heavy atom. The van der Waals surface area contributed by atoms with E-state index in [1.807, 2.05) is 53.4 Å². The molecule has 0 spiro atoms. The molecule has 1 heterocycles. The van der Waals surface area contributed by atoms with Crippen LogP contribution in [0.15, 0.2) is 78.0 Å². The zero-order valence-electron chi connectivity index (χ0n) is 13.8. The Morgan fingerprint density at radius 2 is 1.76 bits per heavy atom. The van der Waals surface area contributed by atoms with Gasteiger partial charge in [-0.2, -0.15) is 0 Å². The van der Waals surface area contributed by atoms with Gasteiger partial charge in [0.25, 0.3) is 0 Å². The zero-order valence-corrected chi connectivity index (χ0v) is 14.6. The van der Waals surface area contributed by atoms with Gasteiger partial charge in [-0.15, -0.1) is 11.8 Å². The number of carbonyl (C=O) groups excluding carboxylic acids is 1. The first-order chi connectivity index (χ1) is 12.2. The van der Waals surface area contributed by atoms with E-state index >= 15 is 0 Å². The van der Waals surface area contributed by atoms with Gasteiger partial charge in [0, 0.05) is 22.9 Å². The van der Waals surface area contributed by atoms with Gasteiger partial charge in [-0.25, -0.2) is 4.39 Å². The molecule has 3 nitrogen and oxygen atoms in total. The fourth-order valence-corrected chi connectivity index (χ4v) is 3.72. The summed E-state index contributed by atoms with van der Waals surface area (Å²) in [6, 6.07) is 17.9. The molecular weight excluding hydrogens is 337 g/mol. The van der Waals surface area contributed by atoms with E-state index in [4.69, 9.17) is 4.74 Å². The lowest BCUT2D eigenvalue weighted by Gasteiger charge is -2.18. The summed E-state index contributed by atoms with van der Waals surface area (Å²) in [6.07, 6.45) is 3.86. The zero-order chi connectivity index (χ0) is 17.6. The molecule has 0 saturated carbocycles. The fourth-order valence-electron chi connectivity index (χ4n) is 2.54. The van der Waals surface area contributed by atoms with Crippen molar-refractivity contribution in [1.29, 1.82) is 0 Å². The second kappa shape index (κ2) is 8.03. The SMILES string of the molecule is CCOC(=O)C(Sc1ccccc1-n1cccc1)c1ccccc1F.